The van der Waals surface area contributed by atoms with Crippen molar-refractivity contribution >= 4 is 11.6 Å². The van der Waals surface area contributed by atoms with E-state index in [1.807, 2.05) is 42.5 Å². The molecule has 0 spiro atoms. The second-order valence-electron chi connectivity index (χ2n) is 4.90. The number of hydrogen-bond acceptors (Lipinski definition) is 2. The lowest BCUT2D eigenvalue weighted by Crippen LogP contribution is -2.22. The van der Waals surface area contributed by atoms with Gasteiger partial charge in [0.25, 0.3) is 0 Å². The summed E-state index contributed by atoms with van der Waals surface area (Å²) < 4.78 is 0. The molecule has 102 valence electrons. The Bertz CT molecular complexity index is 614. The quantitative estimate of drug-likeness (QED) is 0.889. The first-order chi connectivity index (χ1) is 9.60. The van der Waals surface area contributed by atoms with Crippen molar-refractivity contribution in [2.45, 2.75) is 25.9 Å². The van der Waals surface area contributed by atoms with E-state index in [0.29, 0.717) is 5.56 Å². The molecule has 0 saturated carbocycles. The Morgan fingerprint density at radius 1 is 1.00 bits per heavy atom. The van der Waals surface area contributed by atoms with Crippen LogP contribution >= 0.6 is 11.6 Å². The molecule has 2 atom stereocenters. The molecule has 0 aliphatic rings. The van der Waals surface area contributed by atoms with Crippen LogP contribution < -0.4 is 5.32 Å². The Hall–Kier alpha value is -1.82. The van der Waals surface area contributed by atoms with Gasteiger partial charge in [-0.2, -0.15) is 5.26 Å². The SMILES string of the molecule is CC(N[C@@H](C)c1cccc(Cl)c1)c1ccc(C#N)cc1. The van der Waals surface area contributed by atoms with Crippen molar-refractivity contribution in [2.24, 2.45) is 0 Å². The Balaban J connectivity index is 2.06. The molecule has 0 aromatic heterocycles. The topological polar surface area (TPSA) is 35.8 Å². The van der Waals surface area contributed by atoms with Gasteiger partial charge in [0.1, 0.15) is 0 Å². The molecule has 0 aliphatic heterocycles. The number of nitrogens with one attached hydrogen (secondary N) is 1. The average molecular weight is 285 g/mol. The van der Waals surface area contributed by atoms with E-state index >= 15 is 0 Å². The number of nitriles is 1. The maximum absolute atomic E-state index is 8.81. The molecule has 2 aromatic carbocycles. The number of nitrogens with zero attached hydrogens (tertiary/aromatic N) is 1. The summed E-state index contributed by atoms with van der Waals surface area (Å²) in [5, 5.41) is 13.1. The predicted molar refractivity (Wildman–Crippen MR) is 82.6 cm³/mol. The highest BCUT2D eigenvalue weighted by Crippen LogP contribution is 2.21. The first-order valence-electron chi connectivity index (χ1n) is 6.61. The molecule has 0 heterocycles. The van der Waals surface area contributed by atoms with Crippen molar-refractivity contribution in [2.75, 3.05) is 0 Å². The van der Waals surface area contributed by atoms with Crippen LogP contribution in [0, 0.1) is 11.3 Å². The third-order valence-electron chi connectivity index (χ3n) is 3.39. The molecule has 0 bridgehead atoms. The van der Waals surface area contributed by atoms with E-state index in [9.17, 15) is 0 Å². The molecule has 2 aromatic rings. The number of benzene rings is 2. The largest absolute Gasteiger partial charge is 0.304 e. The van der Waals surface area contributed by atoms with Crippen molar-refractivity contribution in [3.05, 3.63) is 70.2 Å². The van der Waals surface area contributed by atoms with Gasteiger partial charge in [-0.15, -0.1) is 0 Å². The van der Waals surface area contributed by atoms with Crippen molar-refractivity contribution in [3.63, 3.8) is 0 Å². The summed E-state index contributed by atoms with van der Waals surface area (Å²) in [4.78, 5) is 0. The first-order valence-corrected chi connectivity index (χ1v) is 6.99. The summed E-state index contributed by atoms with van der Waals surface area (Å²) >= 11 is 6.02. The van der Waals surface area contributed by atoms with E-state index in [0.717, 1.165) is 16.1 Å². The van der Waals surface area contributed by atoms with Crippen molar-refractivity contribution in [1.82, 2.24) is 5.32 Å². The van der Waals surface area contributed by atoms with E-state index in [2.05, 4.69) is 31.3 Å². The van der Waals surface area contributed by atoms with Crippen LogP contribution in [0.3, 0.4) is 0 Å². The van der Waals surface area contributed by atoms with Crippen LogP contribution in [0.5, 0.6) is 0 Å². The van der Waals surface area contributed by atoms with Gasteiger partial charge in [-0.1, -0.05) is 35.9 Å². The molecular weight excluding hydrogens is 268 g/mol. The molecule has 2 nitrogen and oxygen atoms in total. The molecular formula is C17H17ClN2. The van der Waals surface area contributed by atoms with Gasteiger partial charge in [0.2, 0.25) is 0 Å². The zero-order valence-electron chi connectivity index (χ0n) is 11.6. The smallest absolute Gasteiger partial charge is 0.0991 e. The van der Waals surface area contributed by atoms with Crippen molar-refractivity contribution < 1.29 is 0 Å². The van der Waals surface area contributed by atoms with Crippen LogP contribution in [0.2, 0.25) is 5.02 Å². The average Bonchev–Trinajstić information content (AvgIpc) is 2.47. The number of halogens is 1. The van der Waals surface area contributed by atoms with Gasteiger partial charge in [0.15, 0.2) is 0 Å². The number of hydrogen-bond donors (Lipinski definition) is 1. The molecule has 1 unspecified atom stereocenters. The van der Waals surface area contributed by atoms with E-state index in [-0.39, 0.29) is 12.1 Å². The minimum Gasteiger partial charge on any atom is -0.304 e. The third-order valence-corrected chi connectivity index (χ3v) is 3.62. The second-order valence-corrected chi connectivity index (χ2v) is 5.34. The highest BCUT2D eigenvalue weighted by atomic mass is 35.5. The molecule has 0 fully saturated rings. The molecule has 3 heteroatoms. The number of rotatable bonds is 4. The van der Waals surface area contributed by atoms with Gasteiger partial charge in [-0.3, -0.25) is 0 Å². The Morgan fingerprint density at radius 3 is 2.25 bits per heavy atom. The van der Waals surface area contributed by atoms with Crippen LogP contribution in [-0.2, 0) is 0 Å². The first kappa shape index (κ1) is 14.6. The molecule has 0 aliphatic carbocycles. The van der Waals surface area contributed by atoms with Crippen LogP contribution in [0.25, 0.3) is 0 Å². The summed E-state index contributed by atoms with van der Waals surface area (Å²) in [5.74, 6) is 0. The zero-order valence-corrected chi connectivity index (χ0v) is 12.4. The lowest BCUT2D eigenvalue weighted by Gasteiger charge is -2.21. The van der Waals surface area contributed by atoms with E-state index in [1.54, 1.807) is 0 Å². The summed E-state index contributed by atoms with van der Waals surface area (Å²) in [6.07, 6.45) is 0. The highest BCUT2D eigenvalue weighted by molar-refractivity contribution is 6.30. The lowest BCUT2D eigenvalue weighted by molar-refractivity contribution is 0.494. The minimum atomic E-state index is 0.205. The summed E-state index contributed by atoms with van der Waals surface area (Å²) in [7, 11) is 0. The molecule has 2 rings (SSSR count). The fourth-order valence-electron chi connectivity index (χ4n) is 2.19. The molecule has 20 heavy (non-hydrogen) atoms. The summed E-state index contributed by atoms with van der Waals surface area (Å²) in [5.41, 5.74) is 3.01. The Labute approximate surface area is 125 Å². The molecule has 0 radical (unpaired) electrons. The van der Waals surface area contributed by atoms with E-state index < -0.39 is 0 Å². The van der Waals surface area contributed by atoms with Crippen LogP contribution in [0.4, 0.5) is 0 Å². The Morgan fingerprint density at radius 2 is 1.65 bits per heavy atom. The van der Waals surface area contributed by atoms with Crippen LogP contribution in [0.15, 0.2) is 48.5 Å². The van der Waals surface area contributed by atoms with Gasteiger partial charge in [-0.25, -0.2) is 0 Å². The molecule has 1 N–H and O–H groups in total. The van der Waals surface area contributed by atoms with Crippen molar-refractivity contribution in [1.29, 1.82) is 5.26 Å². The second kappa shape index (κ2) is 6.56. The fraction of sp³-hybridized carbons (Fsp3) is 0.235. The normalized spacial score (nSPS) is 13.5. The van der Waals surface area contributed by atoms with Crippen molar-refractivity contribution in [3.8, 4) is 6.07 Å². The summed E-state index contributed by atoms with van der Waals surface area (Å²) in [6, 6.07) is 18.1. The standard InChI is InChI=1S/C17H17ClN2/c1-12(15-8-6-14(11-19)7-9-15)20-13(2)16-4-3-5-17(18)10-16/h3-10,12-13,20H,1-2H3/t12?,13-/m0/s1. The third kappa shape index (κ3) is 3.60. The molecule has 0 amide bonds. The monoisotopic (exact) mass is 284 g/mol. The fourth-order valence-corrected chi connectivity index (χ4v) is 2.39. The Kier molecular flexibility index (Phi) is 4.79. The summed E-state index contributed by atoms with van der Waals surface area (Å²) in [6.45, 7) is 4.23. The van der Waals surface area contributed by atoms with E-state index in [4.69, 9.17) is 16.9 Å². The van der Waals surface area contributed by atoms with Gasteiger partial charge >= 0.3 is 0 Å². The highest BCUT2D eigenvalue weighted by Gasteiger charge is 2.11. The van der Waals surface area contributed by atoms with Gasteiger partial charge in [-0.05, 0) is 49.2 Å². The maximum atomic E-state index is 8.81. The van der Waals surface area contributed by atoms with Gasteiger partial charge < -0.3 is 5.32 Å². The van der Waals surface area contributed by atoms with Crippen LogP contribution in [0.1, 0.15) is 42.6 Å². The predicted octanol–water partition coefficient (Wildman–Crippen LogP) is 4.62. The lowest BCUT2D eigenvalue weighted by atomic mass is 10.0. The molecule has 0 saturated heterocycles. The van der Waals surface area contributed by atoms with E-state index in [1.165, 1.54) is 0 Å². The maximum Gasteiger partial charge on any atom is 0.0991 e. The van der Waals surface area contributed by atoms with Crippen LogP contribution in [-0.4, -0.2) is 0 Å². The van der Waals surface area contributed by atoms with Gasteiger partial charge in [0, 0.05) is 17.1 Å². The van der Waals surface area contributed by atoms with Gasteiger partial charge in [0.05, 0.1) is 11.6 Å². The minimum absolute atomic E-state index is 0.205. The zero-order chi connectivity index (χ0) is 14.5.